The van der Waals surface area contributed by atoms with Crippen LogP contribution in [0.4, 0.5) is 0 Å². The maximum Gasteiger partial charge on any atom is 1.00 e. The van der Waals surface area contributed by atoms with Crippen LogP contribution in [0.1, 0.15) is 16.7 Å². The van der Waals surface area contributed by atoms with Crippen molar-refractivity contribution in [2.75, 3.05) is 0 Å². The third kappa shape index (κ3) is 2.95. The topological polar surface area (TPSA) is 83.8 Å². The summed E-state index contributed by atoms with van der Waals surface area (Å²) in [6.07, 6.45) is 0. The van der Waals surface area contributed by atoms with E-state index in [1.165, 1.54) is 12.1 Å². The number of hydrogen-bond donors (Lipinski definition) is 3. The van der Waals surface area contributed by atoms with Gasteiger partial charge >= 0.3 is 29.6 Å². The molecule has 0 bridgehead atoms. The standard InChI is InChI=1S/C9H12O4.Na/c10-3-6-1-7(4-11)9(13)8(2-6)5-12;/h1-2,10-13H,3-5H2;/q;+1/p-1. The Bertz CT molecular complexity index is 276. The Morgan fingerprint density at radius 1 is 0.929 bits per heavy atom. The fraction of sp³-hybridized carbons (Fsp3) is 0.333. The molecule has 14 heavy (non-hydrogen) atoms. The van der Waals surface area contributed by atoms with E-state index in [1.807, 2.05) is 0 Å². The number of rotatable bonds is 3. The van der Waals surface area contributed by atoms with E-state index in [2.05, 4.69) is 0 Å². The maximum absolute atomic E-state index is 11.3. The fourth-order valence-corrected chi connectivity index (χ4v) is 1.15. The van der Waals surface area contributed by atoms with Crippen molar-refractivity contribution in [2.45, 2.75) is 19.8 Å². The molecule has 1 aromatic carbocycles. The zero-order valence-electron chi connectivity index (χ0n) is 8.03. The van der Waals surface area contributed by atoms with Gasteiger partial charge in [0.15, 0.2) is 0 Å². The molecule has 0 saturated heterocycles. The molecule has 0 aliphatic carbocycles. The van der Waals surface area contributed by atoms with Gasteiger partial charge < -0.3 is 20.4 Å². The third-order valence-corrected chi connectivity index (χ3v) is 1.83. The second-order valence-electron chi connectivity index (χ2n) is 2.72. The van der Waals surface area contributed by atoms with E-state index in [0.29, 0.717) is 5.56 Å². The van der Waals surface area contributed by atoms with Crippen LogP contribution in [0.15, 0.2) is 12.1 Å². The number of aliphatic hydroxyl groups is 3. The molecule has 0 unspecified atom stereocenters. The molecular formula is C9H11NaO4. The minimum Gasteiger partial charge on any atom is -0.872 e. The summed E-state index contributed by atoms with van der Waals surface area (Å²) in [5.41, 5.74) is 0.930. The Kier molecular flexibility index (Phi) is 6.35. The average Bonchev–Trinajstić information content (AvgIpc) is 2.18. The summed E-state index contributed by atoms with van der Waals surface area (Å²) in [7, 11) is 0. The summed E-state index contributed by atoms with van der Waals surface area (Å²) < 4.78 is 0. The molecule has 4 nitrogen and oxygen atoms in total. The van der Waals surface area contributed by atoms with Gasteiger partial charge in [0, 0.05) is 0 Å². The first-order chi connectivity index (χ1) is 6.22. The Morgan fingerprint density at radius 3 is 1.64 bits per heavy atom. The molecule has 0 radical (unpaired) electrons. The van der Waals surface area contributed by atoms with E-state index in [1.54, 1.807) is 0 Å². The largest absolute Gasteiger partial charge is 1.00 e. The molecule has 0 saturated carbocycles. The molecular weight excluding hydrogens is 195 g/mol. The minimum atomic E-state index is -0.375. The molecule has 5 heteroatoms. The van der Waals surface area contributed by atoms with Gasteiger partial charge in [0.25, 0.3) is 0 Å². The summed E-state index contributed by atoms with van der Waals surface area (Å²) in [4.78, 5) is 0. The first-order valence-electron chi connectivity index (χ1n) is 3.87. The Morgan fingerprint density at radius 2 is 1.36 bits per heavy atom. The van der Waals surface area contributed by atoms with Crippen molar-refractivity contribution in [3.8, 4) is 5.75 Å². The molecule has 0 amide bonds. The molecule has 0 fully saturated rings. The van der Waals surface area contributed by atoms with E-state index >= 15 is 0 Å². The molecule has 0 aliphatic rings. The van der Waals surface area contributed by atoms with Crippen LogP contribution >= 0.6 is 0 Å². The molecule has 3 N–H and O–H groups in total. The van der Waals surface area contributed by atoms with Crippen LogP contribution in [0.25, 0.3) is 0 Å². The normalized spacial score (nSPS) is 9.64. The van der Waals surface area contributed by atoms with Crippen LogP contribution in [0.5, 0.6) is 5.75 Å². The molecule has 0 aliphatic heterocycles. The van der Waals surface area contributed by atoms with E-state index in [-0.39, 0.29) is 66.3 Å². The van der Waals surface area contributed by atoms with Gasteiger partial charge in [0.2, 0.25) is 0 Å². The summed E-state index contributed by atoms with van der Waals surface area (Å²) in [5, 5.41) is 37.7. The average molecular weight is 206 g/mol. The van der Waals surface area contributed by atoms with Gasteiger partial charge in [-0.15, -0.1) is 0 Å². The third-order valence-electron chi connectivity index (χ3n) is 1.83. The monoisotopic (exact) mass is 206 g/mol. The van der Waals surface area contributed by atoms with Crippen LogP contribution in [0.3, 0.4) is 0 Å². The van der Waals surface area contributed by atoms with Gasteiger partial charge in [0.05, 0.1) is 19.8 Å². The van der Waals surface area contributed by atoms with E-state index in [4.69, 9.17) is 15.3 Å². The molecule has 72 valence electrons. The SMILES string of the molecule is [Na+].[O-]c1c(CO)cc(CO)cc1CO. The fourth-order valence-electron chi connectivity index (χ4n) is 1.15. The smallest absolute Gasteiger partial charge is 0.872 e. The molecule has 1 aromatic rings. The summed E-state index contributed by atoms with van der Waals surface area (Å²) in [6, 6.07) is 2.86. The first-order valence-corrected chi connectivity index (χ1v) is 3.87. The van der Waals surface area contributed by atoms with Crippen LogP contribution in [-0.4, -0.2) is 15.3 Å². The van der Waals surface area contributed by atoms with Crippen molar-refractivity contribution in [2.24, 2.45) is 0 Å². The van der Waals surface area contributed by atoms with Gasteiger partial charge in [-0.05, 0) is 16.7 Å². The quantitative estimate of drug-likeness (QED) is 0.443. The van der Waals surface area contributed by atoms with E-state index in [9.17, 15) is 5.11 Å². The van der Waals surface area contributed by atoms with Crippen molar-refractivity contribution in [3.05, 3.63) is 28.8 Å². The second-order valence-corrected chi connectivity index (χ2v) is 2.72. The zero-order chi connectivity index (χ0) is 9.84. The van der Waals surface area contributed by atoms with Gasteiger partial charge in [0.1, 0.15) is 0 Å². The Hall–Kier alpha value is -0.100. The van der Waals surface area contributed by atoms with Crippen LogP contribution in [-0.2, 0) is 19.8 Å². The number of aliphatic hydroxyl groups excluding tert-OH is 3. The van der Waals surface area contributed by atoms with Crippen molar-refractivity contribution < 1.29 is 50.0 Å². The van der Waals surface area contributed by atoms with E-state index < -0.39 is 0 Å². The van der Waals surface area contributed by atoms with E-state index in [0.717, 1.165) is 0 Å². The Labute approximate surface area is 104 Å². The Balaban J connectivity index is 0.00000169. The zero-order valence-corrected chi connectivity index (χ0v) is 10.0. The van der Waals surface area contributed by atoms with Crippen molar-refractivity contribution in [1.29, 1.82) is 0 Å². The first kappa shape index (κ1) is 13.9. The summed E-state index contributed by atoms with van der Waals surface area (Å²) in [5.74, 6) is -0.359. The van der Waals surface area contributed by atoms with Gasteiger partial charge in [-0.25, -0.2) is 0 Å². The van der Waals surface area contributed by atoms with Crippen LogP contribution in [0, 0.1) is 0 Å². The predicted molar refractivity (Wildman–Crippen MR) is 43.7 cm³/mol. The van der Waals surface area contributed by atoms with Gasteiger partial charge in [-0.3, -0.25) is 0 Å². The number of hydrogen-bond acceptors (Lipinski definition) is 4. The van der Waals surface area contributed by atoms with Crippen LogP contribution in [0.2, 0.25) is 0 Å². The molecule has 0 spiro atoms. The minimum absolute atomic E-state index is 0. The van der Waals surface area contributed by atoms with Gasteiger partial charge in [-0.1, -0.05) is 17.9 Å². The maximum atomic E-state index is 11.3. The predicted octanol–water partition coefficient (Wildman–Crippen LogP) is -3.76. The molecule has 0 heterocycles. The summed E-state index contributed by atoms with van der Waals surface area (Å²) >= 11 is 0. The second kappa shape index (κ2) is 6.40. The summed E-state index contributed by atoms with van der Waals surface area (Å²) in [6.45, 7) is -0.959. The van der Waals surface area contributed by atoms with Crippen molar-refractivity contribution in [1.82, 2.24) is 0 Å². The molecule has 0 atom stereocenters. The van der Waals surface area contributed by atoms with Crippen molar-refractivity contribution >= 4 is 0 Å². The van der Waals surface area contributed by atoms with Gasteiger partial charge in [-0.2, -0.15) is 0 Å². The van der Waals surface area contributed by atoms with Crippen molar-refractivity contribution in [3.63, 3.8) is 0 Å². The molecule has 0 aromatic heterocycles. The number of benzene rings is 1. The van der Waals surface area contributed by atoms with Crippen LogP contribution < -0.4 is 34.7 Å². The molecule has 1 rings (SSSR count).